The summed E-state index contributed by atoms with van der Waals surface area (Å²) >= 11 is 0. The molecule has 0 aromatic heterocycles. The van der Waals surface area contributed by atoms with E-state index in [-0.39, 0.29) is 13.0 Å². The Hall–Kier alpha value is -1.32. The minimum Gasteiger partial charge on any atom is -0.481 e. The van der Waals surface area contributed by atoms with Crippen LogP contribution in [-0.4, -0.2) is 23.9 Å². The standard InChI is InChI=1S/C7H11NO3/c1-6(8-4-5-9)2-3-7(10)11/h5,8H,1-4H2,(H,10,11). The second-order valence-corrected chi connectivity index (χ2v) is 2.04. The van der Waals surface area contributed by atoms with Gasteiger partial charge in [0.15, 0.2) is 0 Å². The molecule has 0 aliphatic rings. The normalized spacial score (nSPS) is 8.73. The Bertz CT molecular complexity index is 165. The van der Waals surface area contributed by atoms with Crippen LogP contribution in [0.4, 0.5) is 0 Å². The maximum Gasteiger partial charge on any atom is 0.303 e. The summed E-state index contributed by atoms with van der Waals surface area (Å²) in [4.78, 5) is 19.9. The predicted octanol–water partition coefficient (Wildman–Crippen LogP) is 0.153. The average molecular weight is 157 g/mol. The van der Waals surface area contributed by atoms with Gasteiger partial charge in [0.05, 0.1) is 13.0 Å². The maximum absolute atomic E-state index is 10.0. The lowest BCUT2D eigenvalue weighted by Crippen LogP contribution is -2.15. The molecule has 0 bridgehead atoms. The fourth-order valence-corrected chi connectivity index (χ4v) is 0.532. The van der Waals surface area contributed by atoms with Gasteiger partial charge in [0, 0.05) is 5.70 Å². The largest absolute Gasteiger partial charge is 0.481 e. The number of nitrogens with one attached hydrogen (secondary N) is 1. The van der Waals surface area contributed by atoms with Crippen LogP contribution in [0.15, 0.2) is 12.3 Å². The Balaban J connectivity index is 3.37. The summed E-state index contributed by atoms with van der Waals surface area (Å²) in [5, 5.41) is 10.9. The fraction of sp³-hybridized carbons (Fsp3) is 0.429. The van der Waals surface area contributed by atoms with Crippen LogP contribution in [-0.2, 0) is 9.59 Å². The molecule has 0 saturated carbocycles. The molecule has 4 heteroatoms. The van der Waals surface area contributed by atoms with Crippen LogP contribution in [0.1, 0.15) is 12.8 Å². The highest BCUT2D eigenvalue weighted by molar-refractivity contribution is 5.67. The Morgan fingerprint density at radius 2 is 2.18 bits per heavy atom. The van der Waals surface area contributed by atoms with Crippen molar-refractivity contribution in [1.82, 2.24) is 5.32 Å². The van der Waals surface area contributed by atoms with Crippen molar-refractivity contribution in [2.75, 3.05) is 6.54 Å². The molecule has 0 saturated heterocycles. The minimum absolute atomic E-state index is 0.0463. The number of hydrogen-bond acceptors (Lipinski definition) is 3. The van der Waals surface area contributed by atoms with E-state index in [0.717, 1.165) is 0 Å². The number of hydrogen-bond donors (Lipinski definition) is 2. The third-order valence-electron chi connectivity index (χ3n) is 1.08. The summed E-state index contributed by atoms with van der Waals surface area (Å²) in [6.07, 6.45) is 1.11. The molecule has 62 valence electrons. The number of carboxylic acid groups (broad SMARTS) is 1. The lowest BCUT2D eigenvalue weighted by Gasteiger charge is -2.02. The zero-order valence-corrected chi connectivity index (χ0v) is 6.17. The van der Waals surface area contributed by atoms with Gasteiger partial charge >= 0.3 is 5.97 Å². The molecular weight excluding hydrogens is 146 g/mol. The molecule has 4 nitrogen and oxygen atoms in total. The van der Waals surface area contributed by atoms with Crippen molar-refractivity contribution >= 4 is 12.3 Å². The average Bonchev–Trinajstić information content (AvgIpc) is 1.97. The van der Waals surface area contributed by atoms with Gasteiger partial charge in [0.2, 0.25) is 0 Å². The Morgan fingerprint density at radius 3 is 2.64 bits per heavy atom. The second kappa shape index (κ2) is 5.46. The number of allylic oxidation sites excluding steroid dienone is 1. The van der Waals surface area contributed by atoms with Crippen molar-refractivity contribution in [3.8, 4) is 0 Å². The van der Waals surface area contributed by atoms with E-state index >= 15 is 0 Å². The van der Waals surface area contributed by atoms with E-state index in [0.29, 0.717) is 18.4 Å². The van der Waals surface area contributed by atoms with Gasteiger partial charge in [0.25, 0.3) is 0 Å². The number of carbonyl (C=O) groups is 2. The SMILES string of the molecule is C=C(CCC(=O)O)NCC=O. The summed E-state index contributed by atoms with van der Waals surface area (Å²) in [6, 6.07) is 0. The first kappa shape index (κ1) is 9.68. The van der Waals surface area contributed by atoms with E-state index in [2.05, 4.69) is 11.9 Å². The van der Waals surface area contributed by atoms with Crippen molar-refractivity contribution < 1.29 is 14.7 Å². The molecule has 0 heterocycles. The summed E-state index contributed by atoms with van der Waals surface area (Å²) < 4.78 is 0. The molecule has 0 fully saturated rings. The second-order valence-electron chi connectivity index (χ2n) is 2.04. The van der Waals surface area contributed by atoms with Gasteiger partial charge in [-0.3, -0.25) is 4.79 Å². The van der Waals surface area contributed by atoms with E-state index in [1.807, 2.05) is 0 Å². The van der Waals surface area contributed by atoms with Gasteiger partial charge in [0.1, 0.15) is 6.29 Å². The van der Waals surface area contributed by atoms with Gasteiger partial charge in [-0.05, 0) is 6.42 Å². The molecule has 0 unspecified atom stereocenters. The summed E-state index contributed by atoms with van der Waals surface area (Å²) in [5.41, 5.74) is 0.583. The predicted molar refractivity (Wildman–Crippen MR) is 40.1 cm³/mol. The highest BCUT2D eigenvalue weighted by Gasteiger charge is 1.98. The van der Waals surface area contributed by atoms with Crippen LogP contribution < -0.4 is 5.32 Å². The van der Waals surface area contributed by atoms with Crippen LogP contribution in [0.25, 0.3) is 0 Å². The Labute approximate surface area is 64.9 Å². The first-order valence-electron chi connectivity index (χ1n) is 3.24. The first-order chi connectivity index (χ1) is 5.16. The Morgan fingerprint density at radius 1 is 1.55 bits per heavy atom. The number of carboxylic acids is 1. The van der Waals surface area contributed by atoms with Gasteiger partial charge in [-0.25, -0.2) is 0 Å². The molecule has 0 aliphatic heterocycles. The number of aliphatic carboxylic acids is 1. The maximum atomic E-state index is 10.0. The molecule has 0 radical (unpaired) electrons. The van der Waals surface area contributed by atoms with Crippen molar-refractivity contribution in [2.45, 2.75) is 12.8 Å². The van der Waals surface area contributed by atoms with Crippen molar-refractivity contribution in [1.29, 1.82) is 0 Å². The van der Waals surface area contributed by atoms with Gasteiger partial charge in [-0.1, -0.05) is 6.58 Å². The van der Waals surface area contributed by atoms with Crippen LogP contribution in [0.3, 0.4) is 0 Å². The zero-order valence-electron chi connectivity index (χ0n) is 6.17. The van der Waals surface area contributed by atoms with Gasteiger partial charge in [-0.2, -0.15) is 0 Å². The third-order valence-corrected chi connectivity index (χ3v) is 1.08. The van der Waals surface area contributed by atoms with E-state index < -0.39 is 5.97 Å². The van der Waals surface area contributed by atoms with Crippen molar-refractivity contribution in [2.24, 2.45) is 0 Å². The van der Waals surface area contributed by atoms with E-state index in [4.69, 9.17) is 5.11 Å². The molecule has 0 atom stereocenters. The highest BCUT2D eigenvalue weighted by Crippen LogP contribution is 1.96. The highest BCUT2D eigenvalue weighted by atomic mass is 16.4. The van der Waals surface area contributed by atoms with Crippen LogP contribution in [0.5, 0.6) is 0 Å². The lowest BCUT2D eigenvalue weighted by atomic mass is 10.2. The molecule has 0 aromatic carbocycles. The minimum atomic E-state index is -0.862. The number of aldehydes is 1. The molecule has 0 aliphatic carbocycles. The van der Waals surface area contributed by atoms with Crippen LogP contribution in [0.2, 0.25) is 0 Å². The molecule has 2 N–H and O–H groups in total. The lowest BCUT2D eigenvalue weighted by molar-refractivity contribution is -0.136. The van der Waals surface area contributed by atoms with Crippen LogP contribution in [0, 0.1) is 0 Å². The molecule has 0 amide bonds. The third kappa shape index (κ3) is 6.57. The van der Waals surface area contributed by atoms with Crippen molar-refractivity contribution in [3.63, 3.8) is 0 Å². The quantitative estimate of drug-likeness (QED) is 0.539. The molecule has 11 heavy (non-hydrogen) atoms. The number of carbonyl (C=O) groups excluding carboxylic acids is 1. The molecule has 0 spiro atoms. The van der Waals surface area contributed by atoms with Crippen LogP contribution >= 0.6 is 0 Å². The molecule has 0 aromatic rings. The smallest absolute Gasteiger partial charge is 0.303 e. The first-order valence-corrected chi connectivity index (χ1v) is 3.24. The van der Waals surface area contributed by atoms with E-state index in [1.54, 1.807) is 0 Å². The van der Waals surface area contributed by atoms with Crippen molar-refractivity contribution in [3.05, 3.63) is 12.3 Å². The zero-order chi connectivity index (χ0) is 8.69. The molecule has 0 rings (SSSR count). The Kier molecular flexibility index (Phi) is 4.81. The van der Waals surface area contributed by atoms with Gasteiger partial charge < -0.3 is 15.2 Å². The fourth-order valence-electron chi connectivity index (χ4n) is 0.532. The topological polar surface area (TPSA) is 66.4 Å². The van der Waals surface area contributed by atoms with E-state index in [1.165, 1.54) is 0 Å². The number of rotatable bonds is 6. The summed E-state index contributed by atoms with van der Waals surface area (Å²) in [6.45, 7) is 3.72. The molecular formula is C7H11NO3. The van der Waals surface area contributed by atoms with Gasteiger partial charge in [-0.15, -0.1) is 0 Å². The van der Waals surface area contributed by atoms with E-state index in [9.17, 15) is 9.59 Å². The monoisotopic (exact) mass is 157 g/mol. The summed E-state index contributed by atoms with van der Waals surface area (Å²) in [7, 11) is 0. The summed E-state index contributed by atoms with van der Waals surface area (Å²) in [5.74, 6) is -0.862.